The fourth-order valence-corrected chi connectivity index (χ4v) is 1.77. The quantitative estimate of drug-likeness (QED) is 0.790. The van der Waals surface area contributed by atoms with Crippen molar-refractivity contribution in [3.05, 3.63) is 30.1 Å². The third kappa shape index (κ3) is 3.23. The molecule has 0 aliphatic heterocycles. The second-order valence-electron chi connectivity index (χ2n) is 4.40. The predicted octanol–water partition coefficient (Wildman–Crippen LogP) is 3.14. The Balaban J connectivity index is 2.30. The van der Waals surface area contributed by atoms with E-state index >= 15 is 0 Å². The Kier molecular flexibility index (Phi) is 4.37. The van der Waals surface area contributed by atoms with Crippen LogP contribution in [0.1, 0.15) is 38.4 Å². The molecule has 0 fully saturated rings. The van der Waals surface area contributed by atoms with Crippen molar-refractivity contribution in [1.29, 1.82) is 0 Å². The summed E-state index contributed by atoms with van der Waals surface area (Å²) in [6.07, 6.45) is 1.13. The maximum atomic E-state index is 6.05. The number of alkyl halides is 1. The highest BCUT2D eigenvalue weighted by molar-refractivity contribution is 6.20. The molecule has 1 aromatic carbocycles. The molecule has 0 saturated carbocycles. The van der Waals surface area contributed by atoms with Gasteiger partial charge in [0, 0.05) is 6.07 Å². The molecule has 0 N–H and O–H groups in total. The van der Waals surface area contributed by atoms with Crippen molar-refractivity contribution in [2.75, 3.05) is 0 Å². The first kappa shape index (κ1) is 13.8. The molecular formula is C13H17ClN4O. The maximum absolute atomic E-state index is 6.05. The molecule has 0 bridgehead atoms. The summed E-state index contributed by atoms with van der Waals surface area (Å²) in [6.45, 7) is 5.96. The minimum absolute atomic E-state index is 0.176. The van der Waals surface area contributed by atoms with Gasteiger partial charge < -0.3 is 4.74 Å². The molecule has 0 saturated heterocycles. The average Bonchev–Trinajstić information content (AvgIpc) is 2.88. The molecule has 102 valence electrons. The molecule has 0 aliphatic rings. The lowest BCUT2D eigenvalue weighted by molar-refractivity contribution is 0.217. The van der Waals surface area contributed by atoms with Crippen LogP contribution in [0.4, 0.5) is 0 Å². The fraction of sp³-hybridized carbons (Fsp3) is 0.462. The minimum atomic E-state index is -0.255. The summed E-state index contributed by atoms with van der Waals surface area (Å²) in [6, 6.07) is 7.66. The molecule has 2 rings (SSSR count). The van der Waals surface area contributed by atoms with E-state index in [1.165, 1.54) is 0 Å². The number of tetrazole rings is 1. The van der Waals surface area contributed by atoms with E-state index < -0.39 is 0 Å². The van der Waals surface area contributed by atoms with Gasteiger partial charge in [-0.2, -0.15) is 4.68 Å². The largest absolute Gasteiger partial charge is 0.491 e. The van der Waals surface area contributed by atoms with Crippen LogP contribution in [0.3, 0.4) is 0 Å². The number of hydrogen-bond donors (Lipinski definition) is 0. The van der Waals surface area contributed by atoms with Crippen LogP contribution in [0, 0.1) is 0 Å². The maximum Gasteiger partial charge on any atom is 0.174 e. The van der Waals surface area contributed by atoms with Crippen molar-refractivity contribution in [2.24, 2.45) is 0 Å². The first-order chi connectivity index (χ1) is 9.11. The molecule has 1 heterocycles. The number of rotatable bonds is 5. The number of hydrogen-bond acceptors (Lipinski definition) is 4. The lowest BCUT2D eigenvalue weighted by Gasteiger charge is -2.13. The molecule has 2 aromatic rings. The lowest BCUT2D eigenvalue weighted by atomic mass is 10.2. The van der Waals surface area contributed by atoms with Crippen molar-refractivity contribution in [3.8, 4) is 11.4 Å². The van der Waals surface area contributed by atoms with Gasteiger partial charge in [-0.25, -0.2) is 0 Å². The fourth-order valence-electron chi connectivity index (χ4n) is 1.63. The number of ether oxygens (including phenoxy) is 1. The van der Waals surface area contributed by atoms with Crippen LogP contribution >= 0.6 is 11.6 Å². The van der Waals surface area contributed by atoms with Crippen LogP contribution in [0.25, 0.3) is 5.69 Å². The van der Waals surface area contributed by atoms with Gasteiger partial charge in [-0.3, -0.25) is 0 Å². The Hall–Kier alpha value is -1.62. The molecular weight excluding hydrogens is 264 g/mol. The van der Waals surface area contributed by atoms with E-state index in [1.54, 1.807) is 4.68 Å². The van der Waals surface area contributed by atoms with Crippen LogP contribution in [-0.2, 0) is 0 Å². The van der Waals surface area contributed by atoms with Gasteiger partial charge in [0.1, 0.15) is 5.75 Å². The molecule has 2 atom stereocenters. The van der Waals surface area contributed by atoms with E-state index in [1.807, 2.05) is 38.1 Å². The van der Waals surface area contributed by atoms with Gasteiger partial charge in [-0.15, -0.1) is 16.7 Å². The van der Waals surface area contributed by atoms with Crippen LogP contribution in [0.5, 0.6) is 5.75 Å². The summed E-state index contributed by atoms with van der Waals surface area (Å²) in [5.41, 5.74) is 0.841. The number of halogens is 1. The molecule has 0 amide bonds. The highest BCUT2D eigenvalue weighted by Crippen LogP contribution is 2.22. The van der Waals surface area contributed by atoms with Crippen LogP contribution in [0.2, 0.25) is 0 Å². The third-order valence-corrected chi connectivity index (χ3v) is 3.02. The van der Waals surface area contributed by atoms with E-state index in [2.05, 4.69) is 22.4 Å². The highest BCUT2D eigenvalue weighted by Gasteiger charge is 2.14. The molecule has 0 aliphatic carbocycles. The molecule has 1 aromatic heterocycles. The summed E-state index contributed by atoms with van der Waals surface area (Å²) in [4.78, 5) is 0. The van der Waals surface area contributed by atoms with Gasteiger partial charge in [0.15, 0.2) is 5.82 Å². The summed E-state index contributed by atoms with van der Waals surface area (Å²) < 4.78 is 7.41. The topological polar surface area (TPSA) is 52.8 Å². The average molecular weight is 281 g/mol. The Morgan fingerprint density at radius 1 is 1.37 bits per heavy atom. The standard InChI is InChI=1S/C13H17ClN4O/c1-4-9(2)19-12-7-5-6-11(8-12)18-13(10(3)14)15-16-17-18/h5-10H,4H2,1-3H3. The lowest BCUT2D eigenvalue weighted by Crippen LogP contribution is -2.10. The summed E-state index contributed by atoms with van der Waals surface area (Å²) in [5, 5.41) is 11.3. The van der Waals surface area contributed by atoms with Gasteiger partial charge >= 0.3 is 0 Å². The van der Waals surface area contributed by atoms with Crippen LogP contribution in [0.15, 0.2) is 24.3 Å². The SMILES string of the molecule is CCC(C)Oc1cccc(-n2nnnc2C(C)Cl)c1. The summed E-state index contributed by atoms with van der Waals surface area (Å²) >= 11 is 6.05. The van der Waals surface area contributed by atoms with Crippen LogP contribution < -0.4 is 4.74 Å². The van der Waals surface area contributed by atoms with E-state index in [-0.39, 0.29) is 11.5 Å². The monoisotopic (exact) mass is 280 g/mol. The summed E-state index contributed by atoms with van der Waals surface area (Å²) in [5.74, 6) is 1.41. The smallest absolute Gasteiger partial charge is 0.174 e. The molecule has 2 unspecified atom stereocenters. The van der Waals surface area contributed by atoms with Crippen molar-refractivity contribution in [3.63, 3.8) is 0 Å². The third-order valence-electron chi connectivity index (χ3n) is 2.82. The molecule has 0 spiro atoms. The van der Waals surface area contributed by atoms with Gasteiger partial charge in [-0.05, 0) is 42.8 Å². The molecule has 5 nitrogen and oxygen atoms in total. The van der Waals surface area contributed by atoms with Crippen LogP contribution in [-0.4, -0.2) is 26.3 Å². The number of benzene rings is 1. The first-order valence-corrected chi connectivity index (χ1v) is 6.75. The summed E-state index contributed by atoms with van der Waals surface area (Å²) in [7, 11) is 0. The minimum Gasteiger partial charge on any atom is -0.491 e. The Labute approximate surface area is 117 Å². The van der Waals surface area contributed by atoms with Crippen molar-refractivity contribution < 1.29 is 4.74 Å². The van der Waals surface area contributed by atoms with E-state index in [4.69, 9.17) is 16.3 Å². The molecule has 0 radical (unpaired) electrons. The second kappa shape index (κ2) is 6.02. The van der Waals surface area contributed by atoms with Crippen molar-refractivity contribution >= 4 is 11.6 Å². The highest BCUT2D eigenvalue weighted by atomic mass is 35.5. The molecule has 19 heavy (non-hydrogen) atoms. The zero-order valence-corrected chi connectivity index (χ0v) is 12.0. The van der Waals surface area contributed by atoms with Crippen molar-refractivity contribution in [1.82, 2.24) is 20.2 Å². The number of nitrogens with zero attached hydrogens (tertiary/aromatic N) is 4. The molecule has 6 heteroatoms. The van der Waals surface area contributed by atoms with Gasteiger partial charge in [0.25, 0.3) is 0 Å². The Morgan fingerprint density at radius 2 is 2.16 bits per heavy atom. The van der Waals surface area contributed by atoms with E-state index in [9.17, 15) is 0 Å². The zero-order valence-electron chi connectivity index (χ0n) is 11.2. The Morgan fingerprint density at radius 3 is 2.84 bits per heavy atom. The normalized spacial score (nSPS) is 14.1. The van der Waals surface area contributed by atoms with E-state index in [0.29, 0.717) is 5.82 Å². The number of aromatic nitrogens is 4. The first-order valence-electron chi connectivity index (χ1n) is 6.31. The second-order valence-corrected chi connectivity index (χ2v) is 5.05. The van der Waals surface area contributed by atoms with Gasteiger partial charge in [-0.1, -0.05) is 13.0 Å². The predicted molar refractivity (Wildman–Crippen MR) is 73.8 cm³/mol. The van der Waals surface area contributed by atoms with Gasteiger partial charge in [0.2, 0.25) is 0 Å². The zero-order chi connectivity index (χ0) is 13.8. The van der Waals surface area contributed by atoms with Gasteiger partial charge in [0.05, 0.1) is 17.2 Å². The van der Waals surface area contributed by atoms with E-state index in [0.717, 1.165) is 17.9 Å². The van der Waals surface area contributed by atoms with Crippen molar-refractivity contribution in [2.45, 2.75) is 38.7 Å². The Bertz CT molecular complexity index is 541.